The summed E-state index contributed by atoms with van der Waals surface area (Å²) in [6.45, 7) is 11.5. The summed E-state index contributed by atoms with van der Waals surface area (Å²) >= 11 is 0. The lowest BCUT2D eigenvalue weighted by molar-refractivity contribution is 0.173. The summed E-state index contributed by atoms with van der Waals surface area (Å²) in [6, 6.07) is 12.4. The molecule has 0 saturated carbocycles. The van der Waals surface area contributed by atoms with Crippen molar-refractivity contribution >= 4 is 0 Å². The number of piperazine rings is 2. The number of rotatable bonds is 4. The van der Waals surface area contributed by atoms with E-state index in [-0.39, 0.29) is 0 Å². The smallest absolute Gasteiger partial charge is 0.231 e. The Kier molecular flexibility index (Phi) is 6.93. The highest BCUT2D eigenvalue weighted by atomic mass is 16.7. The fourth-order valence-corrected chi connectivity index (χ4v) is 4.33. The van der Waals surface area contributed by atoms with E-state index in [0.717, 1.165) is 88.4 Å². The van der Waals surface area contributed by atoms with Crippen molar-refractivity contribution in [2.75, 3.05) is 65.9 Å². The van der Waals surface area contributed by atoms with Gasteiger partial charge in [-0.1, -0.05) is 12.1 Å². The van der Waals surface area contributed by atoms with E-state index in [2.05, 4.69) is 44.7 Å². The molecular weight excluding hydrogens is 408 g/mol. The monoisotopic (exact) mass is 440 g/mol. The molecule has 0 radical (unpaired) electrons. The van der Waals surface area contributed by atoms with Crippen molar-refractivity contribution in [3.63, 3.8) is 0 Å². The van der Waals surface area contributed by atoms with E-state index in [0.29, 0.717) is 13.6 Å². The third-order valence-corrected chi connectivity index (χ3v) is 6.11. The molecule has 8 heteroatoms. The quantitative estimate of drug-likeness (QED) is 0.744. The molecule has 4 heterocycles. The molecule has 0 unspecified atom stereocenters. The molecule has 8 nitrogen and oxygen atoms in total. The number of nitrogens with one attached hydrogen (secondary N) is 2. The first kappa shape index (κ1) is 21.3. The van der Waals surface area contributed by atoms with Gasteiger partial charge in [-0.05, 0) is 35.4 Å². The van der Waals surface area contributed by atoms with Crippen molar-refractivity contribution in [2.45, 2.75) is 13.1 Å². The van der Waals surface area contributed by atoms with Crippen molar-refractivity contribution in [3.05, 3.63) is 47.5 Å². The number of nitrogens with zero attached hydrogens (tertiary/aromatic N) is 2. The topological polar surface area (TPSA) is 67.5 Å². The first-order valence-electron chi connectivity index (χ1n) is 11.5. The molecule has 2 aromatic carbocycles. The number of ether oxygens (including phenoxy) is 4. The molecule has 6 rings (SSSR count). The molecule has 0 atom stereocenters. The highest BCUT2D eigenvalue weighted by molar-refractivity contribution is 5.45. The SMILES string of the molecule is c1cc2c(cc1CN1CCNCC1)OCO2.c1cc2c(cc1CN1CCNCC1)OCO2. The summed E-state index contributed by atoms with van der Waals surface area (Å²) in [7, 11) is 0. The third-order valence-electron chi connectivity index (χ3n) is 6.11. The maximum Gasteiger partial charge on any atom is 0.231 e. The van der Waals surface area contributed by atoms with Gasteiger partial charge in [-0.25, -0.2) is 0 Å². The molecule has 0 bridgehead atoms. The van der Waals surface area contributed by atoms with Crippen LogP contribution in [0, 0.1) is 0 Å². The lowest BCUT2D eigenvalue weighted by atomic mass is 10.2. The molecule has 4 aliphatic rings. The minimum atomic E-state index is 0.354. The Balaban J connectivity index is 0.000000135. The molecule has 2 aromatic rings. The number of fused-ring (bicyclic) bond motifs is 2. The van der Waals surface area contributed by atoms with E-state index in [4.69, 9.17) is 18.9 Å². The van der Waals surface area contributed by atoms with E-state index in [1.807, 2.05) is 12.1 Å². The van der Waals surface area contributed by atoms with Gasteiger partial charge in [-0.3, -0.25) is 9.80 Å². The normalized spacial score (nSPS) is 20.0. The van der Waals surface area contributed by atoms with Crippen molar-refractivity contribution in [2.24, 2.45) is 0 Å². The van der Waals surface area contributed by atoms with Gasteiger partial charge in [0.25, 0.3) is 0 Å². The average Bonchev–Trinajstić information content (AvgIpc) is 3.49. The highest BCUT2D eigenvalue weighted by Gasteiger charge is 2.16. The predicted octanol–water partition coefficient (Wildman–Crippen LogP) is 1.64. The van der Waals surface area contributed by atoms with Crippen LogP contribution in [-0.4, -0.2) is 75.7 Å². The second-order valence-electron chi connectivity index (χ2n) is 8.43. The Morgan fingerprint density at radius 3 is 1.41 bits per heavy atom. The van der Waals surface area contributed by atoms with Crippen molar-refractivity contribution < 1.29 is 18.9 Å². The Bertz CT molecular complexity index is 824. The molecule has 172 valence electrons. The van der Waals surface area contributed by atoms with Gasteiger partial charge >= 0.3 is 0 Å². The van der Waals surface area contributed by atoms with Crippen molar-refractivity contribution in [1.82, 2.24) is 20.4 Å². The molecule has 0 spiro atoms. The first-order valence-corrected chi connectivity index (χ1v) is 11.5. The largest absolute Gasteiger partial charge is 0.454 e. The van der Waals surface area contributed by atoms with Crippen LogP contribution in [-0.2, 0) is 13.1 Å². The zero-order chi connectivity index (χ0) is 21.6. The summed E-state index contributed by atoms with van der Waals surface area (Å²) < 4.78 is 21.3. The Labute approximate surface area is 189 Å². The van der Waals surface area contributed by atoms with Crippen LogP contribution in [0.2, 0.25) is 0 Å². The predicted molar refractivity (Wildman–Crippen MR) is 121 cm³/mol. The van der Waals surface area contributed by atoms with E-state index in [1.165, 1.54) is 11.1 Å². The van der Waals surface area contributed by atoms with Crippen molar-refractivity contribution in [1.29, 1.82) is 0 Å². The molecule has 0 aliphatic carbocycles. The second kappa shape index (κ2) is 10.4. The number of benzene rings is 2. The maximum absolute atomic E-state index is 5.38. The van der Waals surface area contributed by atoms with Gasteiger partial charge in [0.2, 0.25) is 13.6 Å². The fraction of sp³-hybridized carbons (Fsp3) is 0.500. The fourth-order valence-electron chi connectivity index (χ4n) is 4.33. The van der Waals surface area contributed by atoms with Gasteiger partial charge in [-0.2, -0.15) is 0 Å². The molecule has 4 aliphatic heterocycles. The van der Waals surface area contributed by atoms with Crippen LogP contribution in [0.5, 0.6) is 23.0 Å². The second-order valence-corrected chi connectivity index (χ2v) is 8.43. The first-order chi connectivity index (χ1) is 15.8. The zero-order valence-corrected chi connectivity index (χ0v) is 18.5. The highest BCUT2D eigenvalue weighted by Crippen LogP contribution is 2.33. The van der Waals surface area contributed by atoms with Crippen LogP contribution in [0.15, 0.2) is 36.4 Å². The lowest BCUT2D eigenvalue weighted by Crippen LogP contribution is -2.42. The van der Waals surface area contributed by atoms with Crippen LogP contribution in [0.25, 0.3) is 0 Å². The zero-order valence-electron chi connectivity index (χ0n) is 18.5. The molecule has 0 amide bonds. The van der Waals surface area contributed by atoms with E-state index >= 15 is 0 Å². The van der Waals surface area contributed by atoms with Gasteiger partial charge in [0.1, 0.15) is 0 Å². The van der Waals surface area contributed by atoms with Crippen LogP contribution in [0.1, 0.15) is 11.1 Å². The molecule has 2 fully saturated rings. The summed E-state index contributed by atoms with van der Waals surface area (Å²) in [5.41, 5.74) is 2.59. The molecular formula is C24H32N4O4. The standard InChI is InChI=1S/2C12H16N2O2/c2*1-2-11-12(16-9-15-11)7-10(1)8-14-5-3-13-4-6-14/h2*1-2,7,13H,3-6,8-9H2. The molecule has 2 saturated heterocycles. The lowest BCUT2D eigenvalue weighted by Gasteiger charge is -2.27. The maximum atomic E-state index is 5.38. The third kappa shape index (κ3) is 5.45. The summed E-state index contributed by atoms with van der Waals surface area (Å²) in [5, 5.41) is 6.71. The number of hydrogen-bond donors (Lipinski definition) is 2. The van der Waals surface area contributed by atoms with Crippen LogP contribution < -0.4 is 29.6 Å². The summed E-state index contributed by atoms with van der Waals surface area (Å²) in [5.74, 6) is 3.49. The van der Waals surface area contributed by atoms with Gasteiger partial charge < -0.3 is 29.6 Å². The van der Waals surface area contributed by atoms with Gasteiger partial charge in [0.15, 0.2) is 23.0 Å². The molecule has 32 heavy (non-hydrogen) atoms. The Morgan fingerprint density at radius 1 is 0.562 bits per heavy atom. The minimum Gasteiger partial charge on any atom is -0.454 e. The van der Waals surface area contributed by atoms with Gasteiger partial charge in [0, 0.05) is 65.4 Å². The average molecular weight is 441 g/mol. The Morgan fingerprint density at radius 2 is 0.969 bits per heavy atom. The van der Waals surface area contributed by atoms with Crippen LogP contribution in [0.4, 0.5) is 0 Å². The molecule has 0 aromatic heterocycles. The van der Waals surface area contributed by atoms with Crippen LogP contribution >= 0.6 is 0 Å². The Hall–Kier alpha value is -2.52. The number of hydrogen-bond acceptors (Lipinski definition) is 8. The van der Waals surface area contributed by atoms with Crippen LogP contribution in [0.3, 0.4) is 0 Å². The minimum absolute atomic E-state index is 0.354. The summed E-state index contributed by atoms with van der Waals surface area (Å²) in [4.78, 5) is 4.90. The molecule has 2 N–H and O–H groups in total. The van der Waals surface area contributed by atoms with Gasteiger partial charge in [-0.15, -0.1) is 0 Å². The summed E-state index contributed by atoms with van der Waals surface area (Å²) in [6.07, 6.45) is 0. The van der Waals surface area contributed by atoms with E-state index in [1.54, 1.807) is 0 Å². The van der Waals surface area contributed by atoms with E-state index < -0.39 is 0 Å². The van der Waals surface area contributed by atoms with E-state index in [9.17, 15) is 0 Å². The van der Waals surface area contributed by atoms with Gasteiger partial charge in [0.05, 0.1) is 0 Å². The van der Waals surface area contributed by atoms with Crippen molar-refractivity contribution in [3.8, 4) is 23.0 Å².